The zero-order valence-corrected chi connectivity index (χ0v) is 14.4. The molecule has 21 heavy (non-hydrogen) atoms. The van der Waals surface area contributed by atoms with Crippen molar-refractivity contribution in [1.82, 2.24) is 0 Å². The van der Waals surface area contributed by atoms with Crippen LogP contribution in [0.25, 0.3) is 6.08 Å². The summed E-state index contributed by atoms with van der Waals surface area (Å²) in [5.41, 5.74) is 3.28. The van der Waals surface area contributed by atoms with Gasteiger partial charge >= 0.3 is 0 Å². The molecule has 0 radical (unpaired) electrons. The summed E-state index contributed by atoms with van der Waals surface area (Å²) in [4.78, 5) is 11.1. The van der Waals surface area contributed by atoms with Crippen molar-refractivity contribution >= 4 is 12.4 Å². The minimum atomic E-state index is -0.151. The van der Waals surface area contributed by atoms with Crippen LogP contribution >= 0.6 is 0 Å². The van der Waals surface area contributed by atoms with E-state index >= 15 is 0 Å². The number of phenols is 1. The van der Waals surface area contributed by atoms with Crippen molar-refractivity contribution in [3.8, 4) is 5.75 Å². The molecule has 0 spiro atoms. The van der Waals surface area contributed by atoms with Gasteiger partial charge in [-0.2, -0.15) is 0 Å². The fraction of sp³-hybridized carbons (Fsp3) is 0.526. The Bertz CT molecular complexity index is 517. The maximum atomic E-state index is 11.1. The fourth-order valence-corrected chi connectivity index (χ4v) is 2.32. The number of hydrogen-bond donors (Lipinski definition) is 1. The highest BCUT2D eigenvalue weighted by atomic mass is 16.3. The average molecular weight is 288 g/mol. The lowest BCUT2D eigenvalue weighted by atomic mass is 9.78. The number of carbonyl (C=O) groups excluding carboxylic acids is 1. The highest BCUT2D eigenvalue weighted by Gasteiger charge is 2.26. The lowest BCUT2D eigenvalue weighted by molar-refractivity contribution is -0.104. The molecule has 0 amide bonds. The lowest BCUT2D eigenvalue weighted by Gasteiger charge is -2.28. The Morgan fingerprint density at radius 2 is 1.48 bits per heavy atom. The lowest BCUT2D eigenvalue weighted by Crippen LogP contribution is -2.17. The number of carbonyl (C=O) groups is 1. The van der Waals surface area contributed by atoms with Gasteiger partial charge in [0, 0.05) is 11.1 Å². The maximum Gasteiger partial charge on any atom is 0.146 e. The number of aldehydes is 1. The van der Waals surface area contributed by atoms with E-state index in [2.05, 4.69) is 41.5 Å². The summed E-state index contributed by atoms with van der Waals surface area (Å²) in [5, 5.41) is 10.6. The average Bonchev–Trinajstić information content (AvgIpc) is 2.34. The normalized spacial score (nSPS) is 13.4. The third-order valence-electron chi connectivity index (χ3n) is 3.66. The molecule has 116 valence electrons. The predicted molar refractivity (Wildman–Crippen MR) is 89.8 cm³/mol. The van der Waals surface area contributed by atoms with Gasteiger partial charge in [0.1, 0.15) is 12.0 Å². The monoisotopic (exact) mass is 288 g/mol. The molecule has 0 atom stereocenters. The third kappa shape index (κ3) is 4.20. The maximum absolute atomic E-state index is 11.1. The largest absolute Gasteiger partial charge is 0.507 e. The highest BCUT2D eigenvalue weighted by Crippen LogP contribution is 2.40. The van der Waals surface area contributed by atoms with Gasteiger partial charge in [-0.1, -0.05) is 48.5 Å². The molecule has 2 heteroatoms. The molecule has 0 aliphatic carbocycles. The van der Waals surface area contributed by atoms with Gasteiger partial charge in [0.15, 0.2) is 0 Å². The molecule has 1 rings (SSSR count). The van der Waals surface area contributed by atoms with Crippen molar-refractivity contribution in [1.29, 1.82) is 0 Å². The molecule has 0 saturated carbocycles. The van der Waals surface area contributed by atoms with Gasteiger partial charge in [0.2, 0.25) is 0 Å². The molecular weight excluding hydrogens is 260 g/mol. The molecular formula is C19H28O2. The summed E-state index contributed by atoms with van der Waals surface area (Å²) in [6.45, 7) is 14.5. The number of hydrogen-bond acceptors (Lipinski definition) is 2. The van der Waals surface area contributed by atoms with E-state index in [1.165, 1.54) is 0 Å². The van der Waals surface area contributed by atoms with Crippen LogP contribution in [0.3, 0.4) is 0 Å². The van der Waals surface area contributed by atoms with Crippen molar-refractivity contribution in [2.75, 3.05) is 0 Å². The van der Waals surface area contributed by atoms with Crippen molar-refractivity contribution < 1.29 is 9.90 Å². The SMILES string of the molecule is CCC(C=O)=Cc1cc(C(C)(C)C)c(O)c(C(C)(C)C)c1. The zero-order valence-electron chi connectivity index (χ0n) is 14.4. The van der Waals surface area contributed by atoms with Crippen molar-refractivity contribution in [3.05, 3.63) is 34.4 Å². The van der Waals surface area contributed by atoms with Gasteiger partial charge in [0.25, 0.3) is 0 Å². The smallest absolute Gasteiger partial charge is 0.146 e. The molecule has 0 aromatic heterocycles. The van der Waals surface area contributed by atoms with Crippen LogP contribution < -0.4 is 0 Å². The number of allylic oxidation sites excluding steroid dienone is 1. The van der Waals surface area contributed by atoms with Gasteiger partial charge < -0.3 is 5.11 Å². The molecule has 0 bridgehead atoms. The third-order valence-corrected chi connectivity index (χ3v) is 3.66. The minimum Gasteiger partial charge on any atom is -0.507 e. The van der Waals surface area contributed by atoms with Crippen LogP contribution in [0.5, 0.6) is 5.75 Å². The van der Waals surface area contributed by atoms with Gasteiger partial charge in [-0.25, -0.2) is 0 Å². The van der Waals surface area contributed by atoms with E-state index in [1.807, 2.05) is 25.1 Å². The van der Waals surface area contributed by atoms with Crippen molar-refractivity contribution in [2.24, 2.45) is 0 Å². The molecule has 0 fully saturated rings. The molecule has 0 aliphatic heterocycles. The van der Waals surface area contributed by atoms with Crippen LogP contribution in [-0.2, 0) is 15.6 Å². The van der Waals surface area contributed by atoms with E-state index in [9.17, 15) is 9.90 Å². The molecule has 0 heterocycles. The van der Waals surface area contributed by atoms with Gasteiger partial charge in [0.05, 0.1) is 0 Å². The number of rotatable bonds is 3. The van der Waals surface area contributed by atoms with Crippen molar-refractivity contribution in [3.63, 3.8) is 0 Å². The second kappa shape index (κ2) is 6.05. The number of benzene rings is 1. The van der Waals surface area contributed by atoms with E-state index < -0.39 is 0 Å². The minimum absolute atomic E-state index is 0.151. The van der Waals surface area contributed by atoms with E-state index in [0.717, 1.165) is 28.5 Å². The first-order valence-corrected chi connectivity index (χ1v) is 7.54. The second-order valence-corrected chi connectivity index (χ2v) is 7.66. The van der Waals surface area contributed by atoms with Crippen molar-refractivity contribution in [2.45, 2.75) is 65.7 Å². The molecule has 0 aliphatic rings. The fourth-order valence-electron chi connectivity index (χ4n) is 2.32. The molecule has 0 unspecified atom stereocenters. The van der Waals surface area contributed by atoms with Crippen LogP contribution in [0.4, 0.5) is 0 Å². The topological polar surface area (TPSA) is 37.3 Å². The summed E-state index contributed by atoms with van der Waals surface area (Å²) in [6, 6.07) is 3.98. The Morgan fingerprint density at radius 1 is 1.05 bits per heavy atom. The van der Waals surface area contributed by atoms with Gasteiger partial charge in [-0.3, -0.25) is 4.79 Å². The first-order valence-electron chi connectivity index (χ1n) is 7.54. The van der Waals surface area contributed by atoms with Gasteiger partial charge in [-0.15, -0.1) is 0 Å². The summed E-state index contributed by atoms with van der Waals surface area (Å²) in [7, 11) is 0. The molecule has 0 saturated heterocycles. The summed E-state index contributed by atoms with van der Waals surface area (Å²) in [5.74, 6) is 0.372. The number of phenolic OH excluding ortho intramolecular Hbond substituents is 1. The first kappa shape index (κ1) is 17.5. The van der Waals surface area contributed by atoms with Crippen LogP contribution in [0, 0.1) is 0 Å². The first-order chi connectivity index (χ1) is 9.50. The predicted octanol–water partition coefficient (Wildman–Crippen LogP) is 4.98. The van der Waals surface area contributed by atoms with E-state index in [0.29, 0.717) is 12.2 Å². The highest BCUT2D eigenvalue weighted by molar-refractivity contribution is 5.82. The standard InChI is InChI=1S/C19H28O2/c1-8-13(12-20)9-14-10-15(18(2,3)4)17(21)16(11-14)19(5,6)7/h9-12,21H,8H2,1-7H3. The molecule has 2 nitrogen and oxygen atoms in total. The Morgan fingerprint density at radius 3 is 1.76 bits per heavy atom. The Kier molecular flexibility index (Phi) is 5.03. The Labute approximate surface area is 128 Å². The summed E-state index contributed by atoms with van der Waals surface area (Å²) >= 11 is 0. The van der Waals surface area contributed by atoms with Crippen LogP contribution in [0.1, 0.15) is 71.6 Å². The molecule has 1 aromatic carbocycles. The number of aromatic hydroxyl groups is 1. The summed E-state index contributed by atoms with van der Waals surface area (Å²) < 4.78 is 0. The quantitative estimate of drug-likeness (QED) is 0.629. The van der Waals surface area contributed by atoms with E-state index in [-0.39, 0.29) is 10.8 Å². The second-order valence-electron chi connectivity index (χ2n) is 7.66. The van der Waals surface area contributed by atoms with Crippen LogP contribution in [0.15, 0.2) is 17.7 Å². The van der Waals surface area contributed by atoms with Gasteiger partial charge in [-0.05, 0) is 46.6 Å². The van der Waals surface area contributed by atoms with Crippen LogP contribution in [-0.4, -0.2) is 11.4 Å². The Hall–Kier alpha value is -1.57. The molecule has 1 aromatic rings. The zero-order chi connectivity index (χ0) is 16.4. The Balaban J connectivity index is 3.63. The van der Waals surface area contributed by atoms with E-state index in [1.54, 1.807) is 0 Å². The van der Waals surface area contributed by atoms with E-state index in [4.69, 9.17) is 0 Å². The molecule has 1 N–H and O–H groups in total. The van der Waals surface area contributed by atoms with Crippen LogP contribution in [0.2, 0.25) is 0 Å². The summed E-state index contributed by atoms with van der Waals surface area (Å²) in [6.07, 6.45) is 3.53.